The first-order valence-corrected chi connectivity index (χ1v) is 8.56. The summed E-state index contributed by atoms with van der Waals surface area (Å²) in [6.07, 6.45) is 1.52. The number of nitrogens with zero attached hydrogens (tertiary/aromatic N) is 2. The Balaban J connectivity index is 2.31. The van der Waals surface area contributed by atoms with Crippen LogP contribution in [0.1, 0.15) is 13.8 Å². The van der Waals surface area contributed by atoms with E-state index < -0.39 is 10.0 Å². The fraction of sp³-hybridized carbons (Fsp3) is 0.583. The molecule has 0 unspecified atom stereocenters. The third-order valence-electron chi connectivity index (χ3n) is 3.02. The molecule has 5 nitrogen and oxygen atoms in total. The fourth-order valence-corrected chi connectivity index (χ4v) is 4.96. The maximum atomic E-state index is 12.6. The zero-order valence-electron chi connectivity index (χ0n) is 11.4. The Morgan fingerprint density at radius 3 is 2.84 bits per heavy atom. The summed E-state index contributed by atoms with van der Waals surface area (Å²) in [5.41, 5.74) is 0. The number of nitrogens with one attached hydrogen (secondary N) is 1. The van der Waals surface area contributed by atoms with Gasteiger partial charge >= 0.3 is 0 Å². The Morgan fingerprint density at radius 1 is 1.47 bits per heavy atom. The zero-order valence-corrected chi connectivity index (χ0v) is 13.0. The number of hydrogen-bond acceptors (Lipinski definition) is 5. The minimum atomic E-state index is -3.43. The smallest absolute Gasteiger partial charge is 0.243 e. The number of hydrogen-bond donors (Lipinski definition) is 1. The predicted molar refractivity (Wildman–Crippen MR) is 79.1 cm³/mol. The van der Waals surface area contributed by atoms with Crippen molar-refractivity contribution in [1.82, 2.24) is 9.29 Å². The molecule has 1 aromatic rings. The number of pyridine rings is 1. The molecule has 1 saturated heterocycles. The van der Waals surface area contributed by atoms with E-state index in [4.69, 9.17) is 0 Å². The molecular formula is C12H19N3O2S2. The lowest BCUT2D eigenvalue weighted by Gasteiger charge is -2.36. The van der Waals surface area contributed by atoms with E-state index in [2.05, 4.69) is 24.1 Å². The standard InChI is InChI=1S/C12H19N3O2S2/c1-12(2)9-15(6-7-18-12)19(16,17)10-4-5-14-11(8-10)13-3/h4-5,8H,6-7,9H2,1-3H3,(H,13,14). The van der Waals surface area contributed by atoms with Gasteiger partial charge in [0, 0.05) is 42.9 Å². The van der Waals surface area contributed by atoms with E-state index >= 15 is 0 Å². The molecular weight excluding hydrogens is 282 g/mol. The predicted octanol–water partition coefficient (Wildman–Crippen LogP) is 1.64. The molecule has 2 heterocycles. The van der Waals surface area contributed by atoms with Crippen molar-refractivity contribution in [2.24, 2.45) is 0 Å². The molecule has 0 aromatic carbocycles. The molecule has 2 rings (SSSR count). The van der Waals surface area contributed by atoms with E-state index in [0.717, 1.165) is 5.75 Å². The summed E-state index contributed by atoms with van der Waals surface area (Å²) in [7, 11) is -1.70. The van der Waals surface area contributed by atoms with Crippen LogP contribution in [0.15, 0.2) is 23.2 Å². The lowest BCUT2D eigenvalue weighted by molar-refractivity contribution is 0.387. The highest BCUT2D eigenvalue weighted by atomic mass is 32.2. The maximum Gasteiger partial charge on any atom is 0.243 e. The van der Waals surface area contributed by atoms with Gasteiger partial charge in [-0.1, -0.05) is 0 Å². The van der Waals surface area contributed by atoms with Crippen molar-refractivity contribution in [3.8, 4) is 0 Å². The Morgan fingerprint density at radius 2 is 2.21 bits per heavy atom. The van der Waals surface area contributed by atoms with Crippen LogP contribution in [0.2, 0.25) is 0 Å². The van der Waals surface area contributed by atoms with Crippen LogP contribution in [0.4, 0.5) is 5.82 Å². The molecule has 106 valence electrons. The molecule has 0 spiro atoms. The Bertz CT molecular complexity index is 558. The Labute approximate surface area is 118 Å². The van der Waals surface area contributed by atoms with Gasteiger partial charge in [0.1, 0.15) is 5.82 Å². The SMILES string of the molecule is CNc1cc(S(=O)(=O)N2CCSC(C)(C)C2)ccn1. The minimum Gasteiger partial charge on any atom is -0.373 e. The van der Waals surface area contributed by atoms with Crippen LogP contribution >= 0.6 is 11.8 Å². The molecule has 0 amide bonds. The van der Waals surface area contributed by atoms with Crippen molar-refractivity contribution in [2.45, 2.75) is 23.5 Å². The van der Waals surface area contributed by atoms with Gasteiger partial charge in [-0.15, -0.1) is 0 Å². The van der Waals surface area contributed by atoms with Gasteiger partial charge in [0.05, 0.1) is 4.90 Å². The first-order chi connectivity index (χ1) is 8.85. The quantitative estimate of drug-likeness (QED) is 0.919. The highest BCUT2D eigenvalue weighted by Crippen LogP contribution is 2.32. The van der Waals surface area contributed by atoms with E-state index in [1.165, 1.54) is 6.20 Å². The zero-order chi connectivity index (χ0) is 14.1. The van der Waals surface area contributed by atoms with Gasteiger partial charge in [0.15, 0.2) is 0 Å². The lowest BCUT2D eigenvalue weighted by atomic mass is 10.2. The van der Waals surface area contributed by atoms with Crippen molar-refractivity contribution < 1.29 is 8.42 Å². The van der Waals surface area contributed by atoms with Crippen LogP contribution in [0.25, 0.3) is 0 Å². The largest absolute Gasteiger partial charge is 0.373 e. The van der Waals surface area contributed by atoms with Gasteiger partial charge in [-0.3, -0.25) is 0 Å². The molecule has 0 bridgehead atoms. The number of rotatable bonds is 3. The third kappa shape index (κ3) is 3.21. The molecule has 0 atom stereocenters. The molecule has 0 aliphatic carbocycles. The molecule has 0 saturated carbocycles. The van der Waals surface area contributed by atoms with Crippen LogP contribution in [0.5, 0.6) is 0 Å². The van der Waals surface area contributed by atoms with Crippen LogP contribution < -0.4 is 5.32 Å². The van der Waals surface area contributed by atoms with Gasteiger partial charge in [-0.25, -0.2) is 13.4 Å². The molecule has 1 aliphatic heterocycles. The topological polar surface area (TPSA) is 62.3 Å². The molecule has 0 radical (unpaired) electrons. The summed E-state index contributed by atoms with van der Waals surface area (Å²) in [6.45, 7) is 5.25. The van der Waals surface area contributed by atoms with Crippen LogP contribution in [-0.2, 0) is 10.0 Å². The second-order valence-corrected chi connectivity index (χ2v) is 8.81. The van der Waals surface area contributed by atoms with E-state index in [1.807, 2.05) is 11.8 Å². The molecule has 7 heteroatoms. The molecule has 1 N–H and O–H groups in total. The Kier molecular flexibility index (Phi) is 4.08. The summed E-state index contributed by atoms with van der Waals surface area (Å²) in [6, 6.07) is 3.12. The highest BCUT2D eigenvalue weighted by Gasteiger charge is 2.34. The van der Waals surface area contributed by atoms with Crippen molar-refractivity contribution in [1.29, 1.82) is 0 Å². The first kappa shape index (κ1) is 14.6. The Hall–Kier alpha value is -0.790. The van der Waals surface area contributed by atoms with E-state index in [-0.39, 0.29) is 4.75 Å². The molecule has 1 aliphatic rings. The van der Waals surface area contributed by atoms with Gasteiger partial charge in [-0.2, -0.15) is 16.1 Å². The van der Waals surface area contributed by atoms with Crippen molar-refractivity contribution in [3.63, 3.8) is 0 Å². The average molecular weight is 301 g/mol. The molecule has 19 heavy (non-hydrogen) atoms. The molecule has 1 aromatic heterocycles. The summed E-state index contributed by atoms with van der Waals surface area (Å²) in [4.78, 5) is 4.35. The number of thioether (sulfide) groups is 1. The van der Waals surface area contributed by atoms with E-state index in [0.29, 0.717) is 23.8 Å². The van der Waals surface area contributed by atoms with Crippen LogP contribution in [0, 0.1) is 0 Å². The van der Waals surface area contributed by atoms with Gasteiger partial charge in [0.25, 0.3) is 0 Å². The average Bonchev–Trinajstić information content (AvgIpc) is 2.37. The lowest BCUT2D eigenvalue weighted by Crippen LogP contribution is -2.46. The van der Waals surface area contributed by atoms with Crippen molar-refractivity contribution in [2.75, 3.05) is 31.2 Å². The number of anilines is 1. The van der Waals surface area contributed by atoms with Crippen molar-refractivity contribution in [3.05, 3.63) is 18.3 Å². The second-order valence-electron chi connectivity index (χ2n) is 5.07. The third-order valence-corrected chi connectivity index (χ3v) is 6.15. The maximum absolute atomic E-state index is 12.6. The first-order valence-electron chi connectivity index (χ1n) is 6.13. The summed E-state index contributed by atoms with van der Waals surface area (Å²) in [5.74, 6) is 1.39. The molecule has 1 fully saturated rings. The van der Waals surface area contributed by atoms with Gasteiger partial charge < -0.3 is 5.32 Å². The second kappa shape index (κ2) is 5.30. The normalized spacial score (nSPS) is 20.2. The number of aromatic nitrogens is 1. The number of sulfonamides is 1. The minimum absolute atomic E-state index is 0.0375. The highest BCUT2D eigenvalue weighted by molar-refractivity contribution is 8.00. The van der Waals surface area contributed by atoms with E-state index in [9.17, 15) is 8.42 Å². The fourth-order valence-electron chi connectivity index (χ4n) is 2.04. The summed E-state index contributed by atoms with van der Waals surface area (Å²) in [5, 5.41) is 2.86. The summed E-state index contributed by atoms with van der Waals surface area (Å²) < 4.78 is 26.7. The van der Waals surface area contributed by atoms with E-state index in [1.54, 1.807) is 23.5 Å². The van der Waals surface area contributed by atoms with Gasteiger partial charge in [-0.05, 0) is 19.9 Å². The van der Waals surface area contributed by atoms with Crippen LogP contribution in [0.3, 0.4) is 0 Å². The van der Waals surface area contributed by atoms with Crippen LogP contribution in [-0.4, -0.2) is 48.3 Å². The summed E-state index contributed by atoms with van der Waals surface area (Å²) >= 11 is 1.81. The monoisotopic (exact) mass is 301 g/mol. The van der Waals surface area contributed by atoms with Gasteiger partial charge in [0.2, 0.25) is 10.0 Å². The van der Waals surface area contributed by atoms with Crippen molar-refractivity contribution >= 4 is 27.6 Å².